The van der Waals surface area contributed by atoms with Crippen molar-refractivity contribution in [1.29, 1.82) is 0 Å². The molecule has 1 amide bonds. The lowest BCUT2D eigenvalue weighted by atomic mass is 10.2. The number of anilines is 1. The molecule has 0 bridgehead atoms. The summed E-state index contributed by atoms with van der Waals surface area (Å²) >= 11 is 12.8. The van der Waals surface area contributed by atoms with Gasteiger partial charge in [0.1, 0.15) is 26.3 Å². The number of sulfonamides is 1. The summed E-state index contributed by atoms with van der Waals surface area (Å²) in [4.78, 5) is 17.0. The van der Waals surface area contributed by atoms with E-state index in [1.54, 1.807) is 12.1 Å². The lowest BCUT2D eigenvalue weighted by molar-refractivity contribution is -0.113. The molecule has 168 valence electrons. The second-order valence-electron chi connectivity index (χ2n) is 7.03. The second-order valence-corrected chi connectivity index (χ2v) is 10.9. The van der Waals surface area contributed by atoms with Gasteiger partial charge in [0.25, 0.3) is 15.9 Å². The summed E-state index contributed by atoms with van der Waals surface area (Å²) in [5, 5.41) is 13.9. The number of carbonyl (C=O) groups excluding carboxylic acids is 1. The zero-order valence-electron chi connectivity index (χ0n) is 16.7. The molecule has 4 aromatic rings. The van der Waals surface area contributed by atoms with Crippen LogP contribution in [0.2, 0.25) is 9.36 Å². The summed E-state index contributed by atoms with van der Waals surface area (Å²) in [6.45, 7) is 0. The molecule has 8 nitrogen and oxygen atoms in total. The fourth-order valence-corrected chi connectivity index (χ4v) is 6.99. The van der Waals surface area contributed by atoms with Gasteiger partial charge >= 0.3 is 0 Å². The maximum Gasteiger partial charge on any atom is 0.278 e. The molecule has 1 aliphatic heterocycles. The monoisotopic (exact) mass is 521 g/mol. The molecule has 0 spiro atoms. The number of fused-ring (bicyclic) bond motifs is 2. The molecular formula is C21H13Cl2N3O5S2. The molecule has 1 aromatic carbocycles. The molecule has 2 N–H and O–H groups in total. The normalized spacial score (nSPS) is 15.1. The van der Waals surface area contributed by atoms with Gasteiger partial charge in [-0.1, -0.05) is 47.5 Å². The highest BCUT2D eigenvalue weighted by Gasteiger charge is 2.42. The van der Waals surface area contributed by atoms with E-state index >= 15 is 0 Å². The number of pyridine rings is 1. The van der Waals surface area contributed by atoms with Gasteiger partial charge in [-0.3, -0.25) is 9.10 Å². The predicted molar refractivity (Wildman–Crippen MR) is 127 cm³/mol. The van der Waals surface area contributed by atoms with Crippen LogP contribution < -0.4 is 5.32 Å². The first-order valence-electron chi connectivity index (χ1n) is 9.36. The Balaban J connectivity index is 1.51. The van der Waals surface area contributed by atoms with Gasteiger partial charge < -0.3 is 14.8 Å². The first-order valence-corrected chi connectivity index (χ1v) is 12.4. The van der Waals surface area contributed by atoms with E-state index in [1.165, 1.54) is 6.07 Å². The van der Waals surface area contributed by atoms with Crippen LogP contribution in [-0.4, -0.2) is 35.8 Å². The number of aromatic nitrogens is 1. The van der Waals surface area contributed by atoms with Crippen molar-refractivity contribution in [2.45, 2.75) is 4.90 Å². The number of nitrogens with zero attached hydrogens (tertiary/aromatic N) is 2. The van der Waals surface area contributed by atoms with Crippen molar-refractivity contribution in [3.8, 4) is 11.5 Å². The molecule has 3 aromatic heterocycles. The summed E-state index contributed by atoms with van der Waals surface area (Å²) in [5.41, 5.74) is 0.677. The number of aliphatic hydroxyl groups excluding tert-OH is 1. The van der Waals surface area contributed by atoms with E-state index in [-0.39, 0.29) is 24.9 Å². The molecule has 5 rings (SSSR count). The van der Waals surface area contributed by atoms with Gasteiger partial charge in [0.05, 0.1) is 9.90 Å². The van der Waals surface area contributed by atoms with Crippen LogP contribution in [0.4, 0.5) is 5.82 Å². The van der Waals surface area contributed by atoms with Crippen LogP contribution in [0.5, 0.6) is 0 Å². The van der Waals surface area contributed by atoms with Gasteiger partial charge in [0, 0.05) is 12.4 Å². The topological polar surface area (TPSA) is 113 Å². The molecule has 4 heterocycles. The van der Waals surface area contributed by atoms with Gasteiger partial charge in [0.15, 0.2) is 17.2 Å². The van der Waals surface area contributed by atoms with E-state index in [0.29, 0.717) is 21.3 Å². The molecular weight excluding hydrogens is 509 g/mol. The highest BCUT2D eigenvalue weighted by molar-refractivity contribution is 7.89. The number of nitrogens with one attached hydrogen (secondary N) is 1. The third-order valence-electron chi connectivity index (χ3n) is 5.03. The summed E-state index contributed by atoms with van der Waals surface area (Å²) in [6.07, 6.45) is 0. The Labute approximate surface area is 201 Å². The Bertz CT molecular complexity index is 1560. The highest BCUT2D eigenvalue weighted by Crippen LogP contribution is 2.47. The number of benzene rings is 1. The minimum Gasteiger partial charge on any atom is -0.504 e. The number of para-hydroxylation sites is 1. The lowest BCUT2D eigenvalue weighted by Gasteiger charge is -2.26. The zero-order chi connectivity index (χ0) is 23.5. The SMILES string of the molecule is CN1C(C(=O)Nc2cccc(-c3cc4ccccc4o3)n2)=C(O)c2sc(Cl)c(Cl)c2S1(=O)=O. The number of aliphatic hydroxyl groups is 1. The van der Waals surface area contributed by atoms with Crippen molar-refractivity contribution in [3.05, 3.63) is 68.5 Å². The number of thiophene rings is 1. The third kappa shape index (κ3) is 3.46. The average molecular weight is 522 g/mol. The van der Waals surface area contributed by atoms with Crippen LogP contribution in [-0.2, 0) is 14.8 Å². The Morgan fingerprint density at radius 1 is 1.18 bits per heavy atom. The molecule has 33 heavy (non-hydrogen) atoms. The Morgan fingerprint density at radius 2 is 1.94 bits per heavy atom. The largest absolute Gasteiger partial charge is 0.504 e. The second kappa shape index (κ2) is 7.77. The Kier molecular flexibility index (Phi) is 5.13. The van der Waals surface area contributed by atoms with E-state index in [1.807, 2.05) is 30.3 Å². The van der Waals surface area contributed by atoms with E-state index in [4.69, 9.17) is 27.6 Å². The van der Waals surface area contributed by atoms with Crippen LogP contribution in [0, 0.1) is 0 Å². The third-order valence-corrected chi connectivity index (χ3v) is 9.09. The zero-order valence-corrected chi connectivity index (χ0v) is 19.8. The minimum absolute atomic E-state index is 0.00736. The van der Waals surface area contributed by atoms with Crippen LogP contribution in [0.1, 0.15) is 4.88 Å². The molecule has 1 aliphatic rings. The van der Waals surface area contributed by atoms with Crippen molar-refractivity contribution in [1.82, 2.24) is 9.29 Å². The van der Waals surface area contributed by atoms with Gasteiger partial charge in [-0.05, 0) is 24.3 Å². The molecule has 0 saturated heterocycles. The quantitative estimate of drug-likeness (QED) is 0.375. The molecule has 0 saturated carbocycles. The van der Waals surface area contributed by atoms with Gasteiger partial charge in [-0.2, -0.15) is 0 Å². The number of carbonyl (C=O) groups is 1. The van der Waals surface area contributed by atoms with Gasteiger partial charge in [-0.25, -0.2) is 13.4 Å². The highest BCUT2D eigenvalue weighted by atomic mass is 35.5. The Hall–Kier alpha value is -3.05. The van der Waals surface area contributed by atoms with E-state index in [0.717, 1.165) is 23.8 Å². The molecule has 0 unspecified atom stereocenters. The van der Waals surface area contributed by atoms with Crippen molar-refractivity contribution in [2.75, 3.05) is 12.4 Å². The van der Waals surface area contributed by atoms with Gasteiger partial charge in [0.2, 0.25) is 0 Å². The first kappa shape index (κ1) is 21.8. The van der Waals surface area contributed by atoms with E-state index in [9.17, 15) is 18.3 Å². The molecule has 0 aliphatic carbocycles. The van der Waals surface area contributed by atoms with Crippen molar-refractivity contribution >= 4 is 73.0 Å². The standard InChI is InChI=1S/C21H13Cl2N3O5S2/c1-26-16(17(27)18-19(33(26,29)30)15(22)20(23)32-18)21(28)25-14-8-4-6-11(24-14)13-9-10-5-2-3-7-12(10)31-13/h2-9,27H,1H3,(H,24,25,28). The summed E-state index contributed by atoms with van der Waals surface area (Å²) in [5.74, 6) is -0.789. The number of hydrogen-bond donors (Lipinski definition) is 2. The smallest absolute Gasteiger partial charge is 0.278 e. The Morgan fingerprint density at radius 3 is 2.70 bits per heavy atom. The van der Waals surface area contributed by atoms with E-state index < -0.39 is 27.4 Å². The number of hydrogen-bond acceptors (Lipinski definition) is 7. The molecule has 12 heteroatoms. The average Bonchev–Trinajstić information content (AvgIpc) is 3.34. The molecule has 0 radical (unpaired) electrons. The first-order chi connectivity index (χ1) is 15.7. The van der Waals surface area contributed by atoms with Crippen LogP contribution in [0.15, 0.2) is 63.5 Å². The lowest BCUT2D eigenvalue weighted by Crippen LogP contribution is -2.37. The molecule has 0 fully saturated rings. The number of rotatable bonds is 3. The minimum atomic E-state index is -4.20. The van der Waals surface area contributed by atoms with Crippen molar-refractivity contribution in [2.24, 2.45) is 0 Å². The maximum atomic E-state index is 13.0. The number of furan rings is 1. The number of halogens is 2. The van der Waals surface area contributed by atoms with Crippen molar-refractivity contribution in [3.63, 3.8) is 0 Å². The number of likely N-dealkylation sites (N-methyl/N-ethyl adjacent to an activating group) is 1. The van der Waals surface area contributed by atoms with Crippen LogP contribution >= 0.6 is 34.5 Å². The summed E-state index contributed by atoms with van der Waals surface area (Å²) in [6, 6.07) is 14.2. The number of amides is 1. The maximum absolute atomic E-state index is 13.0. The van der Waals surface area contributed by atoms with Crippen molar-refractivity contribution < 1.29 is 22.7 Å². The molecule has 0 atom stereocenters. The van der Waals surface area contributed by atoms with Crippen LogP contribution in [0.3, 0.4) is 0 Å². The fourth-order valence-electron chi connectivity index (χ4n) is 3.45. The predicted octanol–water partition coefficient (Wildman–Crippen LogP) is 5.36. The summed E-state index contributed by atoms with van der Waals surface area (Å²) in [7, 11) is -3.06. The summed E-state index contributed by atoms with van der Waals surface area (Å²) < 4.78 is 32.3. The van der Waals surface area contributed by atoms with Gasteiger partial charge in [-0.15, -0.1) is 11.3 Å². The van der Waals surface area contributed by atoms with E-state index in [2.05, 4.69) is 10.3 Å². The fraction of sp³-hybridized carbons (Fsp3) is 0.0476. The van der Waals surface area contributed by atoms with Crippen LogP contribution in [0.25, 0.3) is 28.2 Å².